The number of nitrogens with one attached hydrogen (secondary N) is 2. The van der Waals surface area contributed by atoms with E-state index in [1.807, 2.05) is 13.0 Å². The van der Waals surface area contributed by atoms with E-state index in [0.29, 0.717) is 22.7 Å². The summed E-state index contributed by atoms with van der Waals surface area (Å²) in [5.41, 5.74) is 0.788. The maximum Gasteiger partial charge on any atom is 0.238 e. The second-order valence-corrected chi connectivity index (χ2v) is 5.47. The summed E-state index contributed by atoms with van der Waals surface area (Å²) in [7, 11) is 0. The molecule has 1 amide bonds. The van der Waals surface area contributed by atoms with Crippen LogP contribution in [0.3, 0.4) is 0 Å². The molecule has 7 nitrogen and oxygen atoms in total. The van der Waals surface area contributed by atoms with Gasteiger partial charge in [-0.15, -0.1) is 0 Å². The highest BCUT2D eigenvalue weighted by Gasteiger charge is 2.20. The highest BCUT2D eigenvalue weighted by Crippen LogP contribution is 2.37. The average Bonchev–Trinajstić information content (AvgIpc) is 3.22. The van der Waals surface area contributed by atoms with Crippen molar-refractivity contribution in [3.8, 4) is 11.5 Å². The summed E-state index contributed by atoms with van der Waals surface area (Å²) in [6.45, 7) is 3.51. The van der Waals surface area contributed by atoms with Crippen molar-refractivity contribution in [3.63, 3.8) is 0 Å². The lowest BCUT2D eigenvalue weighted by Crippen LogP contribution is -2.30. The van der Waals surface area contributed by atoms with Crippen LogP contribution in [0.25, 0.3) is 0 Å². The second-order valence-electron chi connectivity index (χ2n) is 5.47. The third-order valence-corrected chi connectivity index (χ3v) is 3.70. The third-order valence-electron chi connectivity index (χ3n) is 3.70. The van der Waals surface area contributed by atoms with Crippen LogP contribution in [0.15, 0.2) is 34.9 Å². The molecule has 0 aliphatic carbocycles. The van der Waals surface area contributed by atoms with Gasteiger partial charge in [0.05, 0.1) is 24.5 Å². The SMILES string of the molecule is CC(=O)c1cc2c(cc1NC(=O)CN[C@@H](C)c1ccco1)OCO2. The van der Waals surface area contributed by atoms with Gasteiger partial charge in [-0.3, -0.25) is 14.9 Å². The fourth-order valence-corrected chi connectivity index (χ4v) is 2.42. The zero-order valence-electron chi connectivity index (χ0n) is 13.4. The van der Waals surface area contributed by atoms with Gasteiger partial charge in [0, 0.05) is 11.6 Å². The van der Waals surface area contributed by atoms with Crippen molar-refractivity contribution in [2.45, 2.75) is 19.9 Å². The van der Waals surface area contributed by atoms with Gasteiger partial charge < -0.3 is 19.2 Å². The van der Waals surface area contributed by atoms with E-state index in [4.69, 9.17) is 13.9 Å². The highest BCUT2D eigenvalue weighted by molar-refractivity contribution is 6.05. The van der Waals surface area contributed by atoms with E-state index in [0.717, 1.165) is 5.76 Å². The number of hydrogen-bond acceptors (Lipinski definition) is 6. The Morgan fingerprint density at radius 2 is 2.00 bits per heavy atom. The lowest BCUT2D eigenvalue weighted by Gasteiger charge is -2.13. The van der Waals surface area contributed by atoms with Crippen molar-refractivity contribution < 1.29 is 23.5 Å². The molecule has 0 unspecified atom stereocenters. The van der Waals surface area contributed by atoms with Gasteiger partial charge in [0.25, 0.3) is 0 Å². The first kappa shape index (κ1) is 16.1. The molecule has 1 atom stereocenters. The summed E-state index contributed by atoms with van der Waals surface area (Å²) in [6, 6.07) is 6.71. The monoisotopic (exact) mass is 330 g/mol. The molecule has 0 spiro atoms. The van der Waals surface area contributed by atoms with E-state index < -0.39 is 0 Å². The van der Waals surface area contributed by atoms with E-state index in [1.165, 1.54) is 6.92 Å². The van der Waals surface area contributed by atoms with Crippen LogP contribution in [0.2, 0.25) is 0 Å². The summed E-state index contributed by atoms with van der Waals surface area (Å²) in [6.07, 6.45) is 1.58. The van der Waals surface area contributed by atoms with Gasteiger partial charge in [-0.25, -0.2) is 0 Å². The van der Waals surface area contributed by atoms with Gasteiger partial charge in [-0.05, 0) is 32.0 Å². The second kappa shape index (κ2) is 6.76. The van der Waals surface area contributed by atoms with Crippen molar-refractivity contribution in [2.75, 3.05) is 18.7 Å². The van der Waals surface area contributed by atoms with E-state index in [-0.39, 0.29) is 31.1 Å². The van der Waals surface area contributed by atoms with Crippen LogP contribution in [0.4, 0.5) is 5.69 Å². The molecule has 1 aliphatic heterocycles. The van der Waals surface area contributed by atoms with Crippen LogP contribution in [0, 0.1) is 0 Å². The number of ketones is 1. The van der Waals surface area contributed by atoms with E-state index in [2.05, 4.69) is 10.6 Å². The summed E-state index contributed by atoms with van der Waals surface area (Å²) < 4.78 is 15.8. The molecule has 2 N–H and O–H groups in total. The van der Waals surface area contributed by atoms with Crippen LogP contribution in [0.1, 0.15) is 36.0 Å². The molecule has 2 heterocycles. The first-order valence-corrected chi connectivity index (χ1v) is 7.56. The van der Waals surface area contributed by atoms with Crippen LogP contribution in [-0.2, 0) is 4.79 Å². The molecule has 0 fully saturated rings. The topological polar surface area (TPSA) is 89.8 Å². The van der Waals surface area contributed by atoms with Crippen molar-refractivity contribution in [1.82, 2.24) is 5.32 Å². The molecule has 1 aromatic carbocycles. The minimum atomic E-state index is -0.269. The van der Waals surface area contributed by atoms with Crippen molar-refractivity contribution >= 4 is 17.4 Å². The van der Waals surface area contributed by atoms with Crippen LogP contribution >= 0.6 is 0 Å². The molecule has 7 heteroatoms. The molecule has 2 aromatic rings. The maximum atomic E-state index is 12.2. The van der Waals surface area contributed by atoms with Crippen LogP contribution in [0.5, 0.6) is 11.5 Å². The van der Waals surface area contributed by atoms with Crippen LogP contribution in [-0.4, -0.2) is 25.0 Å². The predicted molar refractivity (Wildman–Crippen MR) is 86.3 cm³/mol. The quantitative estimate of drug-likeness (QED) is 0.791. The molecule has 126 valence electrons. The molecular formula is C17H18N2O5. The maximum absolute atomic E-state index is 12.2. The minimum Gasteiger partial charge on any atom is -0.468 e. The largest absolute Gasteiger partial charge is 0.468 e. The van der Waals surface area contributed by atoms with Crippen LogP contribution < -0.4 is 20.1 Å². The Kier molecular flexibility index (Phi) is 4.52. The van der Waals surface area contributed by atoms with Gasteiger partial charge in [-0.2, -0.15) is 0 Å². The normalized spacial score (nSPS) is 13.6. The number of carbonyl (C=O) groups excluding carboxylic acids is 2. The minimum absolute atomic E-state index is 0.0770. The number of amides is 1. The summed E-state index contributed by atoms with van der Waals surface area (Å²) >= 11 is 0. The molecule has 1 aromatic heterocycles. The molecule has 0 saturated carbocycles. The number of fused-ring (bicyclic) bond motifs is 1. The first-order valence-electron chi connectivity index (χ1n) is 7.56. The van der Waals surface area contributed by atoms with Gasteiger partial charge in [0.15, 0.2) is 17.3 Å². The Balaban J connectivity index is 1.67. The van der Waals surface area contributed by atoms with E-state index >= 15 is 0 Å². The number of anilines is 1. The number of benzene rings is 1. The molecule has 0 radical (unpaired) electrons. The summed E-state index contributed by atoms with van der Waals surface area (Å²) in [5, 5.41) is 5.79. The summed E-state index contributed by atoms with van der Waals surface area (Å²) in [4.78, 5) is 24.0. The Hall–Kier alpha value is -2.80. The van der Waals surface area contributed by atoms with E-state index in [9.17, 15) is 9.59 Å². The Bertz CT molecular complexity index is 755. The molecule has 0 bridgehead atoms. The number of carbonyl (C=O) groups is 2. The lowest BCUT2D eigenvalue weighted by molar-refractivity contribution is -0.115. The average molecular weight is 330 g/mol. The van der Waals surface area contributed by atoms with Crippen molar-refractivity contribution in [1.29, 1.82) is 0 Å². The number of rotatable bonds is 6. The molecule has 1 aliphatic rings. The Morgan fingerprint density at radius 1 is 1.25 bits per heavy atom. The predicted octanol–water partition coefficient (Wildman–Crippen LogP) is 2.50. The number of furan rings is 1. The van der Waals surface area contributed by atoms with Gasteiger partial charge in [0.1, 0.15) is 5.76 Å². The standard InChI is InChI=1S/C17H18N2O5/c1-10(14-4-3-5-22-14)18-8-17(21)19-13-7-16-15(23-9-24-16)6-12(13)11(2)20/h3-7,10,18H,8-9H2,1-2H3,(H,19,21)/t10-/m0/s1. The Labute approximate surface area is 138 Å². The number of hydrogen-bond donors (Lipinski definition) is 2. The van der Waals surface area contributed by atoms with Gasteiger partial charge >= 0.3 is 0 Å². The highest BCUT2D eigenvalue weighted by atomic mass is 16.7. The lowest BCUT2D eigenvalue weighted by atomic mass is 10.1. The zero-order valence-corrected chi connectivity index (χ0v) is 13.4. The Morgan fingerprint density at radius 3 is 2.67 bits per heavy atom. The van der Waals surface area contributed by atoms with Gasteiger partial charge in [0.2, 0.25) is 12.7 Å². The first-order chi connectivity index (χ1) is 11.5. The molecule has 24 heavy (non-hydrogen) atoms. The smallest absolute Gasteiger partial charge is 0.238 e. The number of Topliss-reactive ketones (excluding diaryl/α,β-unsaturated/α-hetero) is 1. The fourth-order valence-electron chi connectivity index (χ4n) is 2.42. The number of ether oxygens (including phenoxy) is 2. The van der Waals surface area contributed by atoms with Gasteiger partial charge in [-0.1, -0.05) is 0 Å². The fraction of sp³-hybridized carbons (Fsp3) is 0.294. The third kappa shape index (κ3) is 3.41. The van der Waals surface area contributed by atoms with Crippen molar-refractivity contribution in [3.05, 3.63) is 41.9 Å². The van der Waals surface area contributed by atoms with E-state index in [1.54, 1.807) is 24.5 Å². The van der Waals surface area contributed by atoms with Crippen molar-refractivity contribution in [2.24, 2.45) is 0 Å². The molecular weight excluding hydrogens is 312 g/mol. The molecule has 3 rings (SSSR count). The molecule has 0 saturated heterocycles. The zero-order chi connectivity index (χ0) is 17.1. The summed E-state index contributed by atoms with van der Waals surface area (Å²) in [5.74, 6) is 1.32.